The third kappa shape index (κ3) is 3.52. The summed E-state index contributed by atoms with van der Waals surface area (Å²) in [6.45, 7) is 5.92. The topological polar surface area (TPSA) is 46.2 Å². The molecule has 0 fully saturated rings. The highest BCUT2D eigenvalue weighted by Gasteiger charge is 2.07. The van der Waals surface area contributed by atoms with E-state index in [2.05, 4.69) is 18.6 Å². The van der Waals surface area contributed by atoms with Gasteiger partial charge in [0.2, 0.25) is 10.0 Å². The number of anilines is 1. The maximum atomic E-state index is 11.3. The maximum absolute atomic E-state index is 11.3. The van der Waals surface area contributed by atoms with Crippen molar-refractivity contribution in [3.05, 3.63) is 29.8 Å². The summed E-state index contributed by atoms with van der Waals surface area (Å²) in [5.74, 6) is 0.608. The Labute approximate surface area is 97.9 Å². The average Bonchev–Trinajstić information content (AvgIpc) is 2.28. The van der Waals surface area contributed by atoms with E-state index in [1.165, 1.54) is 5.56 Å². The molecule has 0 unspecified atom stereocenters. The molecule has 0 spiro atoms. The fraction of sp³-hybridized carbons (Fsp3) is 0.500. The van der Waals surface area contributed by atoms with Crippen molar-refractivity contribution in [3.8, 4) is 0 Å². The molecule has 1 aromatic carbocycles. The molecule has 3 nitrogen and oxygen atoms in total. The van der Waals surface area contributed by atoms with Crippen LogP contribution in [-0.2, 0) is 10.0 Å². The van der Waals surface area contributed by atoms with Crippen LogP contribution in [-0.4, -0.2) is 14.2 Å². The Hall–Kier alpha value is -1.03. The van der Waals surface area contributed by atoms with Crippen LogP contribution in [0, 0.1) is 0 Å². The Morgan fingerprint density at radius 2 is 1.75 bits per heavy atom. The monoisotopic (exact) mass is 241 g/mol. The summed E-state index contributed by atoms with van der Waals surface area (Å²) in [6.07, 6.45) is 1.08. The number of hydrogen-bond acceptors (Lipinski definition) is 2. The second kappa shape index (κ2) is 5.34. The smallest absolute Gasteiger partial charge is 0.232 e. The summed E-state index contributed by atoms with van der Waals surface area (Å²) >= 11 is 0. The predicted molar refractivity (Wildman–Crippen MR) is 68.2 cm³/mol. The van der Waals surface area contributed by atoms with Crippen LogP contribution in [0.25, 0.3) is 0 Å². The number of sulfonamides is 1. The first-order valence-corrected chi connectivity index (χ1v) is 7.24. The Morgan fingerprint density at radius 3 is 2.19 bits per heavy atom. The Balaban J connectivity index is 2.80. The highest BCUT2D eigenvalue weighted by molar-refractivity contribution is 7.92. The van der Waals surface area contributed by atoms with Gasteiger partial charge in [-0.15, -0.1) is 0 Å². The fourth-order valence-corrected chi connectivity index (χ4v) is 2.01. The van der Waals surface area contributed by atoms with E-state index in [1.54, 1.807) is 6.92 Å². The minimum absolute atomic E-state index is 0.0973. The number of rotatable bonds is 5. The van der Waals surface area contributed by atoms with Crippen molar-refractivity contribution >= 4 is 15.7 Å². The van der Waals surface area contributed by atoms with Crippen molar-refractivity contribution in [2.75, 3.05) is 10.5 Å². The summed E-state index contributed by atoms with van der Waals surface area (Å²) in [5.41, 5.74) is 1.87. The van der Waals surface area contributed by atoms with Crippen LogP contribution < -0.4 is 4.72 Å². The zero-order valence-electron chi connectivity index (χ0n) is 10.0. The van der Waals surface area contributed by atoms with Gasteiger partial charge in [-0.3, -0.25) is 4.72 Å². The largest absolute Gasteiger partial charge is 0.284 e. The lowest BCUT2D eigenvalue weighted by molar-refractivity contribution is 0.602. The third-order valence-electron chi connectivity index (χ3n) is 2.75. The van der Waals surface area contributed by atoms with E-state index in [4.69, 9.17) is 0 Å². The third-order valence-corrected chi connectivity index (χ3v) is 4.05. The van der Waals surface area contributed by atoms with E-state index < -0.39 is 10.0 Å². The van der Waals surface area contributed by atoms with Crippen molar-refractivity contribution in [2.45, 2.75) is 33.1 Å². The Bertz CT molecular complexity index is 423. The lowest BCUT2D eigenvalue weighted by Gasteiger charge is -2.10. The second-order valence-electron chi connectivity index (χ2n) is 3.94. The first-order valence-electron chi connectivity index (χ1n) is 5.59. The van der Waals surface area contributed by atoms with Crippen LogP contribution in [0.2, 0.25) is 0 Å². The Kier molecular flexibility index (Phi) is 4.35. The summed E-state index contributed by atoms with van der Waals surface area (Å²) in [4.78, 5) is 0. The molecule has 1 aromatic rings. The minimum Gasteiger partial charge on any atom is -0.284 e. The van der Waals surface area contributed by atoms with Crippen molar-refractivity contribution in [1.82, 2.24) is 0 Å². The van der Waals surface area contributed by atoms with Crippen LogP contribution in [0.4, 0.5) is 5.69 Å². The van der Waals surface area contributed by atoms with E-state index in [0.717, 1.165) is 6.42 Å². The fourth-order valence-electron chi connectivity index (χ4n) is 1.37. The molecule has 0 bridgehead atoms. The lowest BCUT2D eigenvalue weighted by atomic mass is 9.99. The van der Waals surface area contributed by atoms with Gasteiger partial charge in [-0.05, 0) is 37.0 Å². The number of nitrogens with one attached hydrogen (secondary N) is 1. The van der Waals surface area contributed by atoms with E-state index in [-0.39, 0.29) is 5.75 Å². The van der Waals surface area contributed by atoms with Gasteiger partial charge in [0.05, 0.1) is 5.75 Å². The van der Waals surface area contributed by atoms with Crippen LogP contribution in [0.5, 0.6) is 0 Å². The number of hydrogen-bond donors (Lipinski definition) is 1. The van der Waals surface area contributed by atoms with Gasteiger partial charge in [0.25, 0.3) is 0 Å². The van der Waals surface area contributed by atoms with Crippen molar-refractivity contribution < 1.29 is 8.42 Å². The van der Waals surface area contributed by atoms with Crippen molar-refractivity contribution in [3.63, 3.8) is 0 Å². The molecule has 0 heterocycles. The van der Waals surface area contributed by atoms with Gasteiger partial charge in [-0.1, -0.05) is 26.0 Å². The van der Waals surface area contributed by atoms with Crippen LogP contribution in [0.3, 0.4) is 0 Å². The first kappa shape index (κ1) is 13.0. The quantitative estimate of drug-likeness (QED) is 0.861. The zero-order valence-corrected chi connectivity index (χ0v) is 10.8. The highest BCUT2D eigenvalue weighted by Crippen LogP contribution is 2.20. The van der Waals surface area contributed by atoms with Gasteiger partial charge in [0.15, 0.2) is 0 Å². The van der Waals surface area contributed by atoms with Gasteiger partial charge >= 0.3 is 0 Å². The molecule has 0 aliphatic carbocycles. The van der Waals surface area contributed by atoms with Crippen LogP contribution >= 0.6 is 0 Å². The summed E-state index contributed by atoms with van der Waals surface area (Å²) in [5, 5.41) is 0. The van der Waals surface area contributed by atoms with Crippen molar-refractivity contribution in [2.24, 2.45) is 0 Å². The molecule has 0 aliphatic rings. The average molecular weight is 241 g/mol. The predicted octanol–water partition coefficient (Wildman–Crippen LogP) is 2.96. The van der Waals surface area contributed by atoms with Crippen molar-refractivity contribution in [1.29, 1.82) is 0 Å². The molecule has 0 saturated carbocycles. The van der Waals surface area contributed by atoms with Crippen LogP contribution in [0.15, 0.2) is 24.3 Å². The SMILES string of the molecule is CC[C@@H](C)c1ccc(NS(=O)(=O)CC)cc1. The molecule has 0 aromatic heterocycles. The highest BCUT2D eigenvalue weighted by atomic mass is 32.2. The molecule has 1 atom stereocenters. The lowest BCUT2D eigenvalue weighted by Crippen LogP contribution is -2.14. The molecular weight excluding hydrogens is 222 g/mol. The van der Waals surface area contributed by atoms with Gasteiger partial charge in [0, 0.05) is 5.69 Å². The molecule has 90 valence electrons. The molecule has 16 heavy (non-hydrogen) atoms. The number of benzene rings is 1. The maximum Gasteiger partial charge on any atom is 0.232 e. The molecule has 1 rings (SSSR count). The summed E-state index contributed by atoms with van der Waals surface area (Å²) in [7, 11) is -3.16. The summed E-state index contributed by atoms with van der Waals surface area (Å²) < 4.78 is 25.2. The van der Waals surface area contributed by atoms with E-state index >= 15 is 0 Å². The van der Waals surface area contributed by atoms with Gasteiger partial charge in [0.1, 0.15) is 0 Å². The van der Waals surface area contributed by atoms with Gasteiger partial charge in [-0.25, -0.2) is 8.42 Å². The van der Waals surface area contributed by atoms with Gasteiger partial charge in [-0.2, -0.15) is 0 Å². The molecule has 0 aliphatic heterocycles. The zero-order chi connectivity index (χ0) is 12.2. The van der Waals surface area contributed by atoms with E-state index in [0.29, 0.717) is 11.6 Å². The van der Waals surface area contributed by atoms with E-state index in [1.807, 2.05) is 24.3 Å². The minimum atomic E-state index is -3.16. The van der Waals surface area contributed by atoms with Gasteiger partial charge < -0.3 is 0 Å². The molecule has 0 radical (unpaired) electrons. The standard InChI is InChI=1S/C12H19NO2S/c1-4-10(3)11-6-8-12(9-7-11)13-16(14,15)5-2/h6-10,13H,4-5H2,1-3H3/t10-/m1/s1. The first-order chi connectivity index (χ1) is 7.48. The van der Waals surface area contributed by atoms with Crippen LogP contribution in [0.1, 0.15) is 38.7 Å². The molecular formula is C12H19NO2S. The molecule has 0 saturated heterocycles. The molecule has 1 N–H and O–H groups in total. The summed E-state index contributed by atoms with van der Waals surface area (Å²) in [6, 6.07) is 7.58. The van der Waals surface area contributed by atoms with E-state index in [9.17, 15) is 8.42 Å². The normalized spacial score (nSPS) is 13.4. The molecule has 0 amide bonds. The second-order valence-corrected chi connectivity index (χ2v) is 5.95. The molecule has 4 heteroatoms. The Morgan fingerprint density at radius 1 is 1.19 bits per heavy atom.